The van der Waals surface area contributed by atoms with Crippen LogP contribution >= 0.6 is 15.9 Å². The molecular formula is C16H15BrFNO. The summed E-state index contributed by atoms with van der Waals surface area (Å²) in [5, 5.41) is 0. The maximum atomic E-state index is 12.9. The van der Waals surface area contributed by atoms with E-state index in [4.69, 9.17) is 0 Å². The topological polar surface area (TPSA) is 20.3 Å². The van der Waals surface area contributed by atoms with Gasteiger partial charge in [-0.15, -0.1) is 0 Å². The average Bonchev–Trinajstić information content (AvgIpc) is 2.41. The van der Waals surface area contributed by atoms with Crippen molar-refractivity contribution in [2.24, 2.45) is 0 Å². The zero-order valence-corrected chi connectivity index (χ0v) is 12.9. The van der Waals surface area contributed by atoms with Crippen molar-refractivity contribution in [3.05, 3.63) is 63.9 Å². The lowest BCUT2D eigenvalue weighted by molar-refractivity contribution is 0.101. The van der Waals surface area contributed by atoms with Crippen LogP contribution in [0.4, 0.5) is 10.1 Å². The summed E-state index contributed by atoms with van der Waals surface area (Å²) in [6.45, 7) is 2.17. The molecular weight excluding hydrogens is 321 g/mol. The molecule has 0 fully saturated rings. The molecule has 0 aliphatic heterocycles. The van der Waals surface area contributed by atoms with Crippen LogP contribution in [0.3, 0.4) is 0 Å². The minimum absolute atomic E-state index is 0.0206. The fraction of sp³-hybridized carbons (Fsp3) is 0.188. The van der Waals surface area contributed by atoms with E-state index in [1.54, 1.807) is 19.1 Å². The highest BCUT2D eigenvalue weighted by Crippen LogP contribution is 2.25. The molecule has 0 aromatic heterocycles. The number of carbonyl (C=O) groups is 1. The summed E-state index contributed by atoms with van der Waals surface area (Å²) in [7, 11) is 1.92. The molecule has 4 heteroatoms. The number of halogens is 2. The van der Waals surface area contributed by atoms with Gasteiger partial charge in [0, 0.05) is 29.3 Å². The van der Waals surface area contributed by atoms with Crippen LogP contribution in [0, 0.1) is 5.82 Å². The van der Waals surface area contributed by atoms with Crippen LogP contribution in [0.25, 0.3) is 0 Å². The van der Waals surface area contributed by atoms with Crippen LogP contribution < -0.4 is 4.90 Å². The molecule has 0 aliphatic rings. The lowest BCUT2D eigenvalue weighted by Crippen LogP contribution is -2.19. The smallest absolute Gasteiger partial charge is 0.161 e. The number of ketones is 1. The van der Waals surface area contributed by atoms with Gasteiger partial charge in [-0.1, -0.05) is 28.1 Å². The predicted molar refractivity (Wildman–Crippen MR) is 82.7 cm³/mol. The first kappa shape index (κ1) is 14.7. The molecule has 2 aromatic rings. The van der Waals surface area contributed by atoms with Gasteiger partial charge in [0.15, 0.2) is 5.78 Å². The zero-order chi connectivity index (χ0) is 14.7. The Balaban J connectivity index is 2.27. The second-order valence-electron chi connectivity index (χ2n) is 4.70. The van der Waals surface area contributed by atoms with Crippen LogP contribution in [-0.4, -0.2) is 12.8 Å². The van der Waals surface area contributed by atoms with Gasteiger partial charge in [-0.25, -0.2) is 4.39 Å². The third-order valence-corrected chi connectivity index (χ3v) is 3.58. The Kier molecular flexibility index (Phi) is 4.55. The first-order valence-electron chi connectivity index (χ1n) is 6.23. The largest absolute Gasteiger partial charge is 0.370 e. The van der Waals surface area contributed by atoms with Crippen LogP contribution in [-0.2, 0) is 6.54 Å². The minimum Gasteiger partial charge on any atom is -0.370 e. The molecule has 0 bridgehead atoms. The Bertz CT molecular complexity index is 625. The molecule has 104 valence electrons. The van der Waals surface area contributed by atoms with E-state index in [1.165, 1.54) is 12.1 Å². The van der Waals surface area contributed by atoms with Gasteiger partial charge in [0.2, 0.25) is 0 Å². The SMILES string of the molecule is CC(=O)c1cc(Br)ccc1N(C)Cc1ccc(F)cc1. The standard InChI is InChI=1S/C16H15BrFNO/c1-11(20)15-9-13(17)5-8-16(15)19(2)10-12-3-6-14(18)7-4-12/h3-9H,10H2,1-2H3. The van der Waals surface area contributed by atoms with Crippen LogP contribution in [0.15, 0.2) is 46.9 Å². The van der Waals surface area contributed by atoms with E-state index in [9.17, 15) is 9.18 Å². The maximum absolute atomic E-state index is 12.9. The average molecular weight is 336 g/mol. The van der Waals surface area contributed by atoms with Crippen LogP contribution in [0.2, 0.25) is 0 Å². The van der Waals surface area contributed by atoms with Crippen LogP contribution in [0.5, 0.6) is 0 Å². The number of carbonyl (C=O) groups excluding carboxylic acids is 1. The number of anilines is 1. The number of hydrogen-bond acceptors (Lipinski definition) is 2. The molecule has 0 saturated carbocycles. The quantitative estimate of drug-likeness (QED) is 0.770. The van der Waals surface area contributed by atoms with E-state index in [1.807, 2.05) is 30.1 Å². The Labute approximate surface area is 126 Å². The molecule has 20 heavy (non-hydrogen) atoms. The molecule has 2 rings (SSSR count). The second-order valence-corrected chi connectivity index (χ2v) is 5.62. The van der Waals surface area contributed by atoms with E-state index in [-0.39, 0.29) is 11.6 Å². The highest BCUT2D eigenvalue weighted by atomic mass is 79.9. The normalized spacial score (nSPS) is 10.4. The zero-order valence-electron chi connectivity index (χ0n) is 11.4. The van der Waals surface area contributed by atoms with Gasteiger partial charge in [-0.3, -0.25) is 4.79 Å². The van der Waals surface area contributed by atoms with Crippen molar-refractivity contribution in [1.82, 2.24) is 0 Å². The van der Waals surface area contributed by atoms with Gasteiger partial charge < -0.3 is 4.90 Å². The fourth-order valence-electron chi connectivity index (χ4n) is 2.07. The summed E-state index contributed by atoms with van der Waals surface area (Å²) in [4.78, 5) is 13.7. The molecule has 0 unspecified atom stereocenters. The van der Waals surface area contributed by atoms with Gasteiger partial charge in [0.05, 0.1) is 0 Å². The van der Waals surface area contributed by atoms with Gasteiger partial charge in [0.1, 0.15) is 5.82 Å². The number of nitrogens with zero attached hydrogens (tertiary/aromatic N) is 1. The second kappa shape index (κ2) is 6.18. The molecule has 0 amide bonds. The first-order valence-corrected chi connectivity index (χ1v) is 7.03. The molecule has 0 N–H and O–H groups in total. The van der Waals surface area contributed by atoms with Crippen molar-refractivity contribution in [2.45, 2.75) is 13.5 Å². The molecule has 0 saturated heterocycles. The predicted octanol–water partition coefficient (Wildman–Crippen LogP) is 4.43. The summed E-state index contributed by atoms with van der Waals surface area (Å²) in [6, 6.07) is 12.0. The molecule has 0 heterocycles. The van der Waals surface area contributed by atoms with Crippen molar-refractivity contribution >= 4 is 27.4 Å². The lowest BCUT2D eigenvalue weighted by Gasteiger charge is -2.22. The monoisotopic (exact) mass is 335 g/mol. The van der Waals surface area contributed by atoms with Crippen LogP contribution in [0.1, 0.15) is 22.8 Å². The number of benzene rings is 2. The van der Waals surface area contributed by atoms with Gasteiger partial charge >= 0.3 is 0 Å². The van der Waals surface area contributed by atoms with E-state index in [0.717, 1.165) is 15.7 Å². The van der Waals surface area contributed by atoms with E-state index < -0.39 is 0 Å². The summed E-state index contributed by atoms with van der Waals surface area (Å²) in [6.07, 6.45) is 0. The highest BCUT2D eigenvalue weighted by molar-refractivity contribution is 9.10. The molecule has 2 aromatic carbocycles. The van der Waals surface area contributed by atoms with Crippen molar-refractivity contribution in [3.63, 3.8) is 0 Å². The van der Waals surface area contributed by atoms with Crippen molar-refractivity contribution in [2.75, 3.05) is 11.9 Å². The summed E-state index contributed by atoms with van der Waals surface area (Å²) in [5.74, 6) is -0.225. The molecule has 0 atom stereocenters. The molecule has 0 radical (unpaired) electrons. The summed E-state index contributed by atoms with van der Waals surface area (Å²) >= 11 is 3.38. The minimum atomic E-state index is -0.246. The molecule has 2 nitrogen and oxygen atoms in total. The van der Waals surface area contributed by atoms with Crippen molar-refractivity contribution < 1.29 is 9.18 Å². The third-order valence-electron chi connectivity index (χ3n) is 3.08. The first-order chi connectivity index (χ1) is 9.47. The molecule has 0 spiro atoms. The highest BCUT2D eigenvalue weighted by Gasteiger charge is 2.12. The van der Waals surface area contributed by atoms with Gasteiger partial charge in [-0.05, 0) is 42.8 Å². The number of rotatable bonds is 4. The maximum Gasteiger partial charge on any atom is 0.161 e. The van der Waals surface area contributed by atoms with E-state index in [2.05, 4.69) is 15.9 Å². The van der Waals surface area contributed by atoms with E-state index in [0.29, 0.717) is 12.1 Å². The Morgan fingerprint density at radius 1 is 1.20 bits per heavy atom. The third kappa shape index (κ3) is 3.45. The Morgan fingerprint density at radius 3 is 2.45 bits per heavy atom. The number of Topliss-reactive ketones (excluding diaryl/α,β-unsaturated/α-hetero) is 1. The lowest BCUT2D eigenvalue weighted by atomic mass is 10.1. The van der Waals surface area contributed by atoms with Gasteiger partial charge in [0.25, 0.3) is 0 Å². The van der Waals surface area contributed by atoms with Crippen molar-refractivity contribution in [1.29, 1.82) is 0 Å². The number of hydrogen-bond donors (Lipinski definition) is 0. The Hall–Kier alpha value is -1.68. The van der Waals surface area contributed by atoms with Crippen molar-refractivity contribution in [3.8, 4) is 0 Å². The fourth-order valence-corrected chi connectivity index (χ4v) is 2.43. The summed E-state index contributed by atoms with van der Waals surface area (Å²) < 4.78 is 13.8. The summed E-state index contributed by atoms with van der Waals surface area (Å²) in [5.41, 5.74) is 2.53. The Morgan fingerprint density at radius 2 is 1.85 bits per heavy atom. The molecule has 0 aliphatic carbocycles. The van der Waals surface area contributed by atoms with E-state index >= 15 is 0 Å². The van der Waals surface area contributed by atoms with Gasteiger partial charge in [-0.2, -0.15) is 0 Å².